The third-order valence-corrected chi connectivity index (χ3v) is 5.71. The number of aromatic nitrogens is 2. The summed E-state index contributed by atoms with van der Waals surface area (Å²) in [6.07, 6.45) is 2.02. The van der Waals surface area contributed by atoms with Gasteiger partial charge in [0.1, 0.15) is 11.5 Å². The minimum absolute atomic E-state index is 0.0667. The van der Waals surface area contributed by atoms with Crippen LogP contribution in [0.1, 0.15) is 29.0 Å². The Bertz CT molecular complexity index is 824. The van der Waals surface area contributed by atoms with E-state index in [-0.39, 0.29) is 11.7 Å². The predicted octanol–water partition coefficient (Wildman–Crippen LogP) is 2.50. The normalized spacial score (nSPS) is 19.1. The lowest BCUT2D eigenvalue weighted by atomic mass is 9.96. The number of likely N-dealkylation sites (tertiary alicyclic amines) is 1. The lowest BCUT2D eigenvalue weighted by Crippen LogP contribution is -2.44. The Balaban J connectivity index is 1.38. The van der Waals surface area contributed by atoms with Crippen LogP contribution in [0.25, 0.3) is 5.69 Å². The van der Waals surface area contributed by atoms with Crippen LogP contribution in [0.5, 0.6) is 0 Å². The molecule has 1 aromatic carbocycles. The van der Waals surface area contributed by atoms with E-state index >= 15 is 0 Å². The zero-order valence-corrected chi connectivity index (χ0v) is 16.3. The molecule has 0 bridgehead atoms. The van der Waals surface area contributed by atoms with Crippen molar-refractivity contribution in [1.82, 2.24) is 19.6 Å². The highest BCUT2D eigenvalue weighted by molar-refractivity contribution is 5.92. The van der Waals surface area contributed by atoms with Gasteiger partial charge in [-0.25, -0.2) is 9.07 Å². The van der Waals surface area contributed by atoms with Crippen molar-refractivity contribution in [3.8, 4) is 5.69 Å². The SMILES string of the molecule is Cc1cc(C(=O)N2CCC(CN3CCOCC3)CC2)nn1-c1ccccc1F. The molecular formula is C21H27FN4O2. The van der Waals surface area contributed by atoms with E-state index in [4.69, 9.17) is 4.74 Å². The van der Waals surface area contributed by atoms with Crippen molar-refractivity contribution in [2.45, 2.75) is 19.8 Å². The number of carbonyl (C=O) groups excluding carboxylic acids is 1. The number of rotatable bonds is 4. The summed E-state index contributed by atoms with van der Waals surface area (Å²) in [7, 11) is 0. The molecule has 0 saturated carbocycles. The molecule has 2 aliphatic rings. The highest BCUT2D eigenvalue weighted by Crippen LogP contribution is 2.22. The first kappa shape index (κ1) is 19.1. The van der Waals surface area contributed by atoms with Crippen LogP contribution in [-0.4, -0.2) is 71.4 Å². The molecular weight excluding hydrogens is 359 g/mol. The van der Waals surface area contributed by atoms with Crippen molar-refractivity contribution in [2.75, 3.05) is 45.9 Å². The first-order valence-corrected chi connectivity index (χ1v) is 10.0. The van der Waals surface area contributed by atoms with Gasteiger partial charge >= 0.3 is 0 Å². The molecule has 2 aliphatic heterocycles. The van der Waals surface area contributed by atoms with E-state index in [0.29, 0.717) is 17.3 Å². The van der Waals surface area contributed by atoms with E-state index < -0.39 is 0 Å². The van der Waals surface area contributed by atoms with Crippen LogP contribution in [0.3, 0.4) is 0 Å². The second-order valence-corrected chi connectivity index (χ2v) is 7.68. The monoisotopic (exact) mass is 386 g/mol. The quantitative estimate of drug-likeness (QED) is 0.810. The molecule has 2 fully saturated rings. The molecule has 0 spiro atoms. The van der Waals surface area contributed by atoms with Crippen LogP contribution >= 0.6 is 0 Å². The van der Waals surface area contributed by atoms with Crippen LogP contribution in [-0.2, 0) is 4.74 Å². The average Bonchev–Trinajstić information content (AvgIpc) is 3.11. The smallest absolute Gasteiger partial charge is 0.274 e. The largest absolute Gasteiger partial charge is 0.379 e. The molecule has 2 saturated heterocycles. The Morgan fingerprint density at radius 2 is 1.89 bits per heavy atom. The van der Waals surface area contributed by atoms with E-state index in [0.717, 1.165) is 64.5 Å². The number of ether oxygens (including phenoxy) is 1. The Labute approximate surface area is 164 Å². The molecule has 0 atom stereocenters. The van der Waals surface area contributed by atoms with Crippen LogP contribution in [0.2, 0.25) is 0 Å². The summed E-state index contributed by atoms with van der Waals surface area (Å²) in [6, 6.07) is 8.22. The van der Waals surface area contributed by atoms with E-state index in [1.807, 2.05) is 11.8 Å². The van der Waals surface area contributed by atoms with Gasteiger partial charge in [0.2, 0.25) is 0 Å². The molecule has 0 radical (unpaired) electrons. The van der Waals surface area contributed by atoms with Gasteiger partial charge in [-0.3, -0.25) is 9.69 Å². The van der Waals surface area contributed by atoms with E-state index in [2.05, 4.69) is 10.00 Å². The zero-order chi connectivity index (χ0) is 19.5. The van der Waals surface area contributed by atoms with Crippen LogP contribution < -0.4 is 0 Å². The first-order chi connectivity index (χ1) is 13.6. The minimum Gasteiger partial charge on any atom is -0.379 e. The molecule has 1 amide bonds. The Morgan fingerprint density at radius 3 is 2.61 bits per heavy atom. The van der Waals surface area contributed by atoms with Gasteiger partial charge in [-0.05, 0) is 43.9 Å². The number of hydrogen-bond acceptors (Lipinski definition) is 4. The summed E-state index contributed by atoms with van der Waals surface area (Å²) in [4.78, 5) is 17.2. The fourth-order valence-corrected chi connectivity index (χ4v) is 4.08. The van der Waals surface area contributed by atoms with Gasteiger partial charge in [-0.15, -0.1) is 0 Å². The van der Waals surface area contributed by atoms with Gasteiger partial charge in [0.05, 0.1) is 13.2 Å². The molecule has 1 aromatic heterocycles. The standard InChI is InChI=1S/C21H27FN4O2/c1-16-14-19(23-26(16)20-5-3-2-4-18(20)22)21(27)25-8-6-17(7-9-25)15-24-10-12-28-13-11-24/h2-5,14,17H,6-13,15H2,1H3. The number of halogens is 1. The lowest BCUT2D eigenvalue weighted by molar-refractivity contribution is 0.0242. The summed E-state index contributed by atoms with van der Waals surface area (Å²) >= 11 is 0. The topological polar surface area (TPSA) is 50.6 Å². The third-order valence-electron chi connectivity index (χ3n) is 5.71. The average molecular weight is 386 g/mol. The number of piperidine rings is 1. The van der Waals surface area contributed by atoms with Gasteiger partial charge in [0.15, 0.2) is 5.69 Å². The second kappa shape index (κ2) is 8.41. The molecule has 0 N–H and O–H groups in total. The van der Waals surface area contributed by atoms with Crippen molar-refractivity contribution >= 4 is 5.91 Å². The van der Waals surface area contributed by atoms with Crippen molar-refractivity contribution in [3.05, 3.63) is 47.5 Å². The highest BCUT2D eigenvalue weighted by atomic mass is 19.1. The predicted molar refractivity (Wildman–Crippen MR) is 104 cm³/mol. The number of amides is 1. The Morgan fingerprint density at radius 1 is 1.18 bits per heavy atom. The molecule has 6 nitrogen and oxygen atoms in total. The number of hydrogen-bond donors (Lipinski definition) is 0. The molecule has 0 aliphatic carbocycles. The first-order valence-electron chi connectivity index (χ1n) is 10.0. The maximum atomic E-state index is 14.1. The Hall–Kier alpha value is -2.25. The number of benzene rings is 1. The lowest BCUT2D eigenvalue weighted by Gasteiger charge is -2.35. The van der Waals surface area contributed by atoms with Gasteiger partial charge < -0.3 is 9.64 Å². The fourth-order valence-electron chi connectivity index (χ4n) is 4.08. The van der Waals surface area contributed by atoms with Gasteiger partial charge in [0.25, 0.3) is 5.91 Å². The summed E-state index contributed by atoms with van der Waals surface area (Å²) < 4.78 is 21.0. The molecule has 4 rings (SSSR count). The number of nitrogens with zero attached hydrogens (tertiary/aromatic N) is 4. The summed E-state index contributed by atoms with van der Waals surface area (Å²) in [5, 5.41) is 4.39. The molecule has 150 valence electrons. The van der Waals surface area contributed by atoms with E-state index in [1.165, 1.54) is 10.7 Å². The van der Waals surface area contributed by atoms with Gasteiger partial charge in [-0.1, -0.05) is 12.1 Å². The van der Waals surface area contributed by atoms with Crippen LogP contribution in [0.15, 0.2) is 30.3 Å². The maximum absolute atomic E-state index is 14.1. The molecule has 7 heteroatoms. The van der Waals surface area contributed by atoms with Crippen LogP contribution in [0, 0.1) is 18.7 Å². The summed E-state index contributed by atoms with van der Waals surface area (Å²) in [5.41, 5.74) is 1.49. The number of aryl methyl sites for hydroxylation is 1. The molecule has 0 unspecified atom stereocenters. The zero-order valence-electron chi connectivity index (χ0n) is 16.3. The fraction of sp³-hybridized carbons (Fsp3) is 0.524. The van der Waals surface area contributed by atoms with Crippen molar-refractivity contribution in [3.63, 3.8) is 0 Å². The molecule has 28 heavy (non-hydrogen) atoms. The van der Waals surface area contributed by atoms with Gasteiger partial charge in [-0.2, -0.15) is 5.10 Å². The van der Waals surface area contributed by atoms with E-state index in [1.54, 1.807) is 24.3 Å². The second-order valence-electron chi connectivity index (χ2n) is 7.68. The highest BCUT2D eigenvalue weighted by Gasteiger charge is 2.27. The van der Waals surface area contributed by atoms with Crippen molar-refractivity contribution < 1.29 is 13.9 Å². The third kappa shape index (κ3) is 4.10. The number of carbonyl (C=O) groups is 1. The number of morpholine rings is 1. The summed E-state index contributed by atoms with van der Waals surface area (Å²) in [6.45, 7) is 8.08. The van der Waals surface area contributed by atoms with Crippen molar-refractivity contribution in [1.29, 1.82) is 0 Å². The van der Waals surface area contributed by atoms with Crippen molar-refractivity contribution in [2.24, 2.45) is 5.92 Å². The van der Waals surface area contributed by atoms with Gasteiger partial charge in [0, 0.05) is 38.4 Å². The number of para-hydroxylation sites is 1. The summed E-state index contributed by atoms with van der Waals surface area (Å²) in [5.74, 6) is 0.208. The maximum Gasteiger partial charge on any atom is 0.274 e. The van der Waals surface area contributed by atoms with E-state index in [9.17, 15) is 9.18 Å². The Kier molecular flexibility index (Phi) is 5.73. The van der Waals surface area contributed by atoms with Crippen LogP contribution in [0.4, 0.5) is 4.39 Å². The molecule has 2 aromatic rings. The minimum atomic E-state index is -0.350. The molecule has 3 heterocycles.